The van der Waals surface area contributed by atoms with Crippen LogP contribution in [0.15, 0.2) is 18.7 Å². The first kappa shape index (κ1) is 14.1. The molecule has 0 fully saturated rings. The van der Waals surface area contributed by atoms with Crippen LogP contribution in [0.4, 0.5) is 5.95 Å². The lowest BCUT2D eigenvalue weighted by Gasteiger charge is -2.15. The van der Waals surface area contributed by atoms with Gasteiger partial charge < -0.3 is 5.32 Å². The second kappa shape index (κ2) is 6.72. The lowest BCUT2D eigenvalue weighted by atomic mass is 10.3. The minimum Gasteiger partial charge on any atom is -0.350 e. The van der Waals surface area contributed by atoms with Crippen LogP contribution >= 0.6 is 23.4 Å². The Bertz CT molecular complexity index is 518. The summed E-state index contributed by atoms with van der Waals surface area (Å²) < 4.78 is 1.69. The second-order valence-electron chi connectivity index (χ2n) is 3.90. The quantitative estimate of drug-likeness (QED) is 0.882. The van der Waals surface area contributed by atoms with E-state index in [0.717, 1.165) is 12.2 Å². The third-order valence-corrected chi connectivity index (χ3v) is 3.43. The van der Waals surface area contributed by atoms with E-state index in [-0.39, 0.29) is 5.28 Å². The molecule has 102 valence electrons. The summed E-state index contributed by atoms with van der Waals surface area (Å²) in [6.45, 7) is 2.12. The van der Waals surface area contributed by atoms with E-state index in [2.05, 4.69) is 38.4 Å². The van der Waals surface area contributed by atoms with Crippen molar-refractivity contribution in [1.82, 2.24) is 24.5 Å². The van der Waals surface area contributed by atoms with E-state index >= 15 is 0 Å². The molecule has 19 heavy (non-hydrogen) atoms. The Hall–Kier alpha value is -1.34. The molecule has 0 aliphatic heterocycles. The highest BCUT2D eigenvalue weighted by Crippen LogP contribution is 2.12. The third-order valence-electron chi connectivity index (χ3n) is 2.53. The molecule has 2 aromatic rings. The number of thioether (sulfide) groups is 1. The van der Waals surface area contributed by atoms with E-state index in [0.29, 0.717) is 17.9 Å². The van der Waals surface area contributed by atoms with Crippen molar-refractivity contribution in [2.24, 2.45) is 0 Å². The molecule has 1 atom stereocenters. The first-order valence-electron chi connectivity index (χ1n) is 5.88. The van der Waals surface area contributed by atoms with E-state index in [1.165, 1.54) is 0 Å². The van der Waals surface area contributed by atoms with E-state index in [9.17, 15) is 0 Å². The van der Waals surface area contributed by atoms with Gasteiger partial charge in [0.15, 0.2) is 0 Å². The van der Waals surface area contributed by atoms with Crippen molar-refractivity contribution in [3.63, 3.8) is 0 Å². The lowest BCUT2D eigenvalue weighted by Crippen LogP contribution is -2.23. The molecular weight excluding hydrogens is 284 g/mol. The Balaban J connectivity index is 2.21. The average Bonchev–Trinajstić information content (AvgIpc) is 2.91. The molecule has 0 aliphatic rings. The van der Waals surface area contributed by atoms with Crippen LogP contribution < -0.4 is 5.32 Å². The number of hydrogen-bond donors (Lipinski definition) is 1. The number of hydrogen-bond acceptors (Lipinski definition) is 6. The highest BCUT2D eigenvalue weighted by atomic mass is 35.5. The molecule has 2 rings (SSSR count). The van der Waals surface area contributed by atoms with Crippen LogP contribution in [-0.2, 0) is 0 Å². The smallest absolute Gasteiger partial charge is 0.241 e. The zero-order valence-electron chi connectivity index (χ0n) is 10.7. The summed E-state index contributed by atoms with van der Waals surface area (Å²) in [4.78, 5) is 16.5. The Morgan fingerprint density at radius 1 is 1.42 bits per heavy atom. The summed E-state index contributed by atoms with van der Waals surface area (Å²) in [7, 11) is 0. The van der Waals surface area contributed by atoms with E-state index in [4.69, 9.17) is 11.6 Å². The fourth-order valence-corrected chi connectivity index (χ4v) is 2.42. The molecule has 0 saturated heterocycles. The SMILES string of the molecule is CCC(CSC)Nc1nc(Cl)nc(-n2ccnc2)n1. The van der Waals surface area contributed by atoms with Gasteiger partial charge in [-0.25, -0.2) is 4.98 Å². The number of anilines is 1. The fraction of sp³-hybridized carbons (Fsp3) is 0.455. The lowest BCUT2D eigenvalue weighted by molar-refractivity contribution is 0.756. The molecular formula is C11H15ClN6S. The summed E-state index contributed by atoms with van der Waals surface area (Å²) in [5.41, 5.74) is 0. The zero-order chi connectivity index (χ0) is 13.7. The zero-order valence-corrected chi connectivity index (χ0v) is 12.3. The summed E-state index contributed by atoms with van der Waals surface area (Å²) >= 11 is 7.71. The third kappa shape index (κ3) is 3.81. The minimum absolute atomic E-state index is 0.167. The molecule has 0 aromatic carbocycles. The first-order chi connectivity index (χ1) is 9.22. The van der Waals surface area contributed by atoms with Crippen molar-refractivity contribution in [3.05, 3.63) is 24.0 Å². The maximum atomic E-state index is 5.93. The molecule has 2 heterocycles. The molecule has 0 amide bonds. The van der Waals surface area contributed by atoms with Gasteiger partial charge in [-0.3, -0.25) is 4.57 Å². The number of aromatic nitrogens is 5. The molecule has 0 aliphatic carbocycles. The van der Waals surface area contributed by atoms with Crippen molar-refractivity contribution in [1.29, 1.82) is 0 Å². The van der Waals surface area contributed by atoms with Gasteiger partial charge in [0.2, 0.25) is 17.2 Å². The Morgan fingerprint density at radius 2 is 2.26 bits per heavy atom. The summed E-state index contributed by atoms with van der Waals surface area (Å²) in [6.07, 6.45) is 8.10. The Kier molecular flexibility index (Phi) is 4.98. The molecule has 1 N–H and O–H groups in total. The fourth-order valence-electron chi connectivity index (χ4n) is 1.54. The minimum atomic E-state index is 0.167. The van der Waals surface area contributed by atoms with E-state index < -0.39 is 0 Å². The van der Waals surface area contributed by atoms with Gasteiger partial charge in [0.25, 0.3) is 0 Å². The van der Waals surface area contributed by atoms with Gasteiger partial charge in [-0.05, 0) is 24.3 Å². The first-order valence-corrected chi connectivity index (χ1v) is 7.65. The van der Waals surface area contributed by atoms with Crippen molar-refractivity contribution in [3.8, 4) is 5.95 Å². The van der Waals surface area contributed by atoms with Gasteiger partial charge in [-0.15, -0.1) is 0 Å². The largest absolute Gasteiger partial charge is 0.350 e. The predicted octanol–water partition coefficient (Wildman–Crippen LogP) is 2.26. The summed E-state index contributed by atoms with van der Waals surface area (Å²) in [5.74, 6) is 1.93. The van der Waals surface area contributed by atoms with Crippen LogP contribution in [0.2, 0.25) is 5.28 Å². The topological polar surface area (TPSA) is 68.5 Å². The van der Waals surface area contributed by atoms with Crippen molar-refractivity contribution >= 4 is 29.3 Å². The summed E-state index contributed by atoms with van der Waals surface area (Å²) in [5, 5.41) is 3.44. The van der Waals surface area contributed by atoms with Crippen LogP contribution in [0.3, 0.4) is 0 Å². The molecule has 2 aromatic heterocycles. The highest BCUT2D eigenvalue weighted by Gasteiger charge is 2.10. The second-order valence-corrected chi connectivity index (χ2v) is 5.15. The van der Waals surface area contributed by atoms with Crippen LogP contribution in [0, 0.1) is 0 Å². The van der Waals surface area contributed by atoms with Crippen LogP contribution in [0.1, 0.15) is 13.3 Å². The van der Waals surface area contributed by atoms with Crippen LogP contribution in [0.25, 0.3) is 5.95 Å². The number of rotatable bonds is 6. The predicted molar refractivity (Wildman–Crippen MR) is 78.0 cm³/mol. The number of halogens is 1. The van der Waals surface area contributed by atoms with Gasteiger partial charge in [-0.2, -0.15) is 26.7 Å². The molecule has 0 saturated carbocycles. The Labute approximate surface area is 121 Å². The molecule has 0 bridgehead atoms. The van der Waals surface area contributed by atoms with E-state index in [1.807, 2.05) is 0 Å². The summed E-state index contributed by atoms with van der Waals surface area (Å²) in [6, 6.07) is 0.309. The standard InChI is InChI=1S/C11H15ClN6S/c1-3-8(6-19-2)14-10-15-9(12)16-11(17-10)18-5-4-13-7-18/h4-5,7-8H,3,6H2,1-2H3,(H,14,15,16,17). The molecule has 8 heteroatoms. The van der Waals surface area contributed by atoms with Gasteiger partial charge in [0.1, 0.15) is 6.33 Å². The molecule has 1 unspecified atom stereocenters. The van der Waals surface area contributed by atoms with Crippen molar-refractivity contribution in [2.75, 3.05) is 17.3 Å². The maximum Gasteiger partial charge on any atom is 0.241 e. The normalized spacial score (nSPS) is 12.4. The van der Waals surface area contributed by atoms with Gasteiger partial charge >= 0.3 is 0 Å². The van der Waals surface area contributed by atoms with Crippen LogP contribution in [0.5, 0.6) is 0 Å². The molecule has 0 spiro atoms. The van der Waals surface area contributed by atoms with Crippen molar-refractivity contribution < 1.29 is 0 Å². The molecule has 0 radical (unpaired) electrons. The maximum absolute atomic E-state index is 5.93. The van der Waals surface area contributed by atoms with Crippen molar-refractivity contribution in [2.45, 2.75) is 19.4 Å². The van der Waals surface area contributed by atoms with Gasteiger partial charge in [0.05, 0.1) is 0 Å². The average molecular weight is 299 g/mol. The van der Waals surface area contributed by atoms with Crippen LogP contribution in [-0.4, -0.2) is 42.6 Å². The van der Waals surface area contributed by atoms with Gasteiger partial charge in [0, 0.05) is 24.2 Å². The number of imidazole rings is 1. The number of nitrogens with zero attached hydrogens (tertiary/aromatic N) is 5. The van der Waals surface area contributed by atoms with E-state index in [1.54, 1.807) is 35.0 Å². The van der Waals surface area contributed by atoms with Gasteiger partial charge in [-0.1, -0.05) is 6.92 Å². The monoisotopic (exact) mass is 298 g/mol. The highest BCUT2D eigenvalue weighted by molar-refractivity contribution is 7.98. The Morgan fingerprint density at radius 3 is 2.89 bits per heavy atom. The molecule has 6 nitrogen and oxygen atoms in total. The number of nitrogens with one attached hydrogen (secondary N) is 1.